The molecule has 0 radical (unpaired) electrons. The van der Waals surface area contributed by atoms with Gasteiger partial charge < -0.3 is 31.1 Å². The molecule has 4 aromatic carbocycles. The maximum absolute atomic E-state index is 12.7. The average Bonchev–Trinajstić information content (AvgIpc) is 3.89. The lowest BCUT2D eigenvalue weighted by atomic mass is 10.0. The third-order valence-electron chi connectivity index (χ3n) is 10.6. The second kappa shape index (κ2) is 18.3. The molecule has 61 heavy (non-hydrogen) atoms. The Balaban J connectivity index is 0.000000184. The van der Waals surface area contributed by atoms with Crippen LogP contribution in [0.5, 0.6) is 0 Å². The molecule has 1 saturated heterocycles. The Bertz CT molecular complexity index is 2650. The molecular weight excluding hydrogens is 769 g/mol. The van der Waals surface area contributed by atoms with E-state index in [1.54, 1.807) is 42.7 Å². The van der Waals surface area contributed by atoms with Crippen molar-refractivity contribution in [3.8, 4) is 22.5 Å². The molecule has 0 spiro atoms. The van der Waals surface area contributed by atoms with Crippen LogP contribution in [-0.2, 0) is 0 Å². The molecule has 3 heterocycles. The number of carboxylic acid groups (broad SMARTS) is 2. The Morgan fingerprint density at radius 2 is 1.08 bits per heavy atom. The molecule has 1 aliphatic heterocycles. The van der Waals surface area contributed by atoms with Gasteiger partial charge in [-0.1, -0.05) is 47.5 Å². The van der Waals surface area contributed by atoms with Gasteiger partial charge in [-0.25, -0.2) is 9.59 Å². The fourth-order valence-electron chi connectivity index (χ4n) is 7.30. The van der Waals surface area contributed by atoms with Crippen molar-refractivity contribution in [2.75, 3.05) is 23.7 Å². The van der Waals surface area contributed by atoms with Crippen molar-refractivity contribution in [2.45, 2.75) is 59.4 Å². The lowest BCUT2D eigenvalue weighted by Gasteiger charge is -2.16. The van der Waals surface area contributed by atoms with E-state index in [4.69, 9.17) is 0 Å². The Labute approximate surface area is 354 Å². The number of nitrogens with one attached hydrogen (secondary N) is 3. The van der Waals surface area contributed by atoms with E-state index in [9.17, 15) is 29.4 Å². The van der Waals surface area contributed by atoms with Gasteiger partial charge in [-0.15, -0.1) is 0 Å². The monoisotopic (exact) mass is 816 g/mol. The highest BCUT2D eigenvalue weighted by atomic mass is 16.4. The first-order valence-corrected chi connectivity index (χ1v) is 20.3. The largest absolute Gasteiger partial charge is 0.478 e. The molecule has 0 bridgehead atoms. The van der Waals surface area contributed by atoms with E-state index in [-0.39, 0.29) is 22.9 Å². The zero-order valence-corrected chi connectivity index (χ0v) is 34.6. The van der Waals surface area contributed by atoms with Crippen molar-refractivity contribution in [1.82, 2.24) is 20.2 Å². The van der Waals surface area contributed by atoms with E-state index in [0.717, 1.165) is 83.5 Å². The highest BCUT2D eigenvalue weighted by Crippen LogP contribution is 2.30. The minimum Gasteiger partial charge on any atom is -0.478 e. The third kappa shape index (κ3) is 10.3. The molecule has 2 fully saturated rings. The van der Waals surface area contributed by atoms with E-state index in [1.807, 2.05) is 99.3 Å². The van der Waals surface area contributed by atoms with Gasteiger partial charge in [0.15, 0.2) is 0 Å². The van der Waals surface area contributed by atoms with Gasteiger partial charge in [0, 0.05) is 41.4 Å². The van der Waals surface area contributed by atoms with Crippen molar-refractivity contribution in [3.05, 3.63) is 154 Å². The first-order chi connectivity index (χ1) is 29.3. The first-order valence-electron chi connectivity index (χ1n) is 20.3. The maximum Gasteiger partial charge on any atom is 0.337 e. The van der Waals surface area contributed by atoms with Crippen LogP contribution in [0.4, 0.5) is 22.7 Å². The normalized spacial score (nSPS) is 13.1. The quantitative estimate of drug-likeness (QED) is 0.0847. The van der Waals surface area contributed by atoms with E-state index in [0.29, 0.717) is 39.9 Å². The van der Waals surface area contributed by atoms with Gasteiger partial charge in [0.05, 0.1) is 57.7 Å². The lowest BCUT2D eigenvalue weighted by Crippen LogP contribution is -2.27. The van der Waals surface area contributed by atoms with Gasteiger partial charge in [0.2, 0.25) is 0 Å². The fourth-order valence-corrected chi connectivity index (χ4v) is 7.30. The topological polar surface area (TPSA) is 174 Å². The van der Waals surface area contributed by atoms with Gasteiger partial charge in [-0.2, -0.15) is 0 Å². The summed E-state index contributed by atoms with van der Waals surface area (Å²) < 4.78 is 0. The molecule has 8 rings (SSSR count). The number of aryl methyl sites for hydroxylation is 4. The molecule has 1 aliphatic carbocycles. The number of anilines is 4. The fraction of sp³-hybridized carbons (Fsp3) is 0.224. The SMILES string of the molecule is Cc1ccc(Nc2cnc(-c3cccc(C(=O)N4CCCC4)c3)c(C)c2)c(C(=O)O)c1.Cc1ccc(Nc2cnc(-c3cccc(C(=O)NC4CC4)c3)c(C)c2)c(C(=O)O)c1. The summed E-state index contributed by atoms with van der Waals surface area (Å²) in [7, 11) is 0. The Hall–Kier alpha value is -7.34. The summed E-state index contributed by atoms with van der Waals surface area (Å²) in [5.41, 5.74) is 11.1. The molecule has 0 atom stereocenters. The third-order valence-corrected chi connectivity index (χ3v) is 10.6. The Kier molecular flexibility index (Phi) is 12.5. The van der Waals surface area contributed by atoms with Crippen LogP contribution < -0.4 is 16.0 Å². The highest BCUT2D eigenvalue weighted by molar-refractivity contribution is 5.98. The average molecular weight is 817 g/mol. The number of pyridine rings is 2. The van der Waals surface area contributed by atoms with Gasteiger partial charge in [0.25, 0.3) is 11.8 Å². The molecule has 2 aromatic heterocycles. The van der Waals surface area contributed by atoms with Gasteiger partial charge in [-0.05, 0) is 125 Å². The minimum atomic E-state index is -0.983. The van der Waals surface area contributed by atoms with Gasteiger partial charge in [-0.3, -0.25) is 19.6 Å². The summed E-state index contributed by atoms with van der Waals surface area (Å²) >= 11 is 0. The number of carboxylic acids is 2. The first kappa shape index (κ1) is 41.8. The molecule has 2 amide bonds. The van der Waals surface area contributed by atoms with Gasteiger partial charge in [0.1, 0.15) is 0 Å². The van der Waals surface area contributed by atoms with Crippen molar-refractivity contribution >= 4 is 46.5 Å². The number of aromatic nitrogens is 2. The van der Waals surface area contributed by atoms with Crippen molar-refractivity contribution in [1.29, 1.82) is 0 Å². The number of hydrogen-bond acceptors (Lipinski definition) is 8. The Morgan fingerprint density at radius 1 is 0.607 bits per heavy atom. The summed E-state index contributed by atoms with van der Waals surface area (Å²) in [5, 5.41) is 28.3. The maximum atomic E-state index is 12.7. The van der Waals surface area contributed by atoms with E-state index in [2.05, 4.69) is 25.9 Å². The summed E-state index contributed by atoms with van der Waals surface area (Å²) in [4.78, 5) is 59.2. The number of hydrogen-bond donors (Lipinski definition) is 5. The highest BCUT2D eigenvalue weighted by Gasteiger charge is 2.24. The molecule has 5 N–H and O–H groups in total. The number of rotatable bonds is 11. The van der Waals surface area contributed by atoms with Crippen molar-refractivity contribution in [2.24, 2.45) is 0 Å². The van der Waals surface area contributed by atoms with Crippen LogP contribution in [0.25, 0.3) is 22.5 Å². The number of carbonyl (C=O) groups excluding carboxylic acids is 2. The summed E-state index contributed by atoms with van der Waals surface area (Å²) in [5.74, 6) is -1.96. The zero-order valence-electron chi connectivity index (χ0n) is 34.6. The molecule has 2 aliphatic rings. The lowest BCUT2D eigenvalue weighted by molar-refractivity contribution is 0.0687. The number of amides is 2. The standard InChI is InChI=1S/C25H25N3O3.C24H23N3O3/c1-16-8-9-22(21(12-16)25(30)31)27-20-13-17(2)23(26-15-20)18-6-5-7-19(14-18)24(29)28-10-3-4-11-28;1-14-6-9-21(20(10-14)24(29)30)26-19-11-15(2)22(25-13-19)16-4-3-5-17(12-16)23(28)27-18-7-8-18/h5-9,12-15,27H,3-4,10-11H2,1-2H3,(H,30,31);3-6,9-13,18,26H,7-8H2,1-2H3,(H,27,28)(H,29,30). The molecule has 310 valence electrons. The summed E-state index contributed by atoms with van der Waals surface area (Å²) in [6.45, 7) is 9.25. The van der Waals surface area contributed by atoms with E-state index >= 15 is 0 Å². The zero-order chi connectivity index (χ0) is 43.2. The number of carbonyl (C=O) groups is 4. The van der Waals surface area contributed by atoms with Crippen LogP contribution >= 0.6 is 0 Å². The van der Waals surface area contributed by atoms with Crippen LogP contribution in [0, 0.1) is 27.7 Å². The van der Waals surface area contributed by atoms with E-state index < -0.39 is 11.9 Å². The van der Waals surface area contributed by atoms with Crippen molar-refractivity contribution < 1.29 is 29.4 Å². The molecule has 0 unspecified atom stereocenters. The second-order valence-electron chi connectivity index (χ2n) is 15.6. The molecular formula is C49H48N6O6. The summed E-state index contributed by atoms with van der Waals surface area (Å²) in [6.07, 6.45) is 7.57. The van der Waals surface area contributed by atoms with Crippen LogP contribution in [0.15, 0.2) is 109 Å². The number of benzene rings is 4. The number of nitrogens with zero attached hydrogens (tertiary/aromatic N) is 3. The minimum absolute atomic E-state index is 0.0594. The van der Waals surface area contributed by atoms with E-state index in [1.165, 1.54) is 0 Å². The second-order valence-corrected chi connectivity index (χ2v) is 15.6. The summed E-state index contributed by atoms with van der Waals surface area (Å²) in [6, 6.07) is 29.7. The molecule has 12 heteroatoms. The molecule has 12 nitrogen and oxygen atoms in total. The Morgan fingerprint density at radius 3 is 1.54 bits per heavy atom. The van der Waals surface area contributed by atoms with Gasteiger partial charge >= 0.3 is 11.9 Å². The number of likely N-dealkylation sites (tertiary alicyclic amines) is 1. The van der Waals surface area contributed by atoms with Crippen LogP contribution in [0.1, 0.15) is 89.4 Å². The molecule has 1 saturated carbocycles. The van der Waals surface area contributed by atoms with Crippen LogP contribution in [0.2, 0.25) is 0 Å². The smallest absolute Gasteiger partial charge is 0.337 e. The molecule has 6 aromatic rings. The van der Waals surface area contributed by atoms with Crippen LogP contribution in [0.3, 0.4) is 0 Å². The van der Waals surface area contributed by atoms with Crippen molar-refractivity contribution in [3.63, 3.8) is 0 Å². The van der Waals surface area contributed by atoms with Crippen LogP contribution in [-0.4, -0.2) is 68.0 Å². The predicted molar refractivity (Wildman–Crippen MR) is 237 cm³/mol. The predicted octanol–water partition coefficient (Wildman–Crippen LogP) is 9.74. The number of aromatic carboxylic acids is 2.